The minimum absolute atomic E-state index is 0.367. The average Bonchev–Trinajstić information content (AvgIpc) is 2.80. The lowest BCUT2D eigenvalue weighted by atomic mass is 9.84. The Hall–Kier alpha value is -3.52. The van der Waals surface area contributed by atoms with Gasteiger partial charge in [-0.3, -0.25) is 0 Å². The Morgan fingerprint density at radius 1 is 1.03 bits per heavy atom. The quantitative estimate of drug-likeness (QED) is 0.493. The predicted molar refractivity (Wildman–Crippen MR) is 126 cm³/mol. The molecule has 5 nitrogen and oxygen atoms in total. The summed E-state index contributed by atoms with van der Waals surface area (Å²) in [5, 5.41) is 3.64. The van der Waals surface area contributed by atoms with E-state index in [1.54, 1.807) is 0 Å². The Morgan fingerprint density at radius 2 is 1.81 bits per heavy atom. The van der Waals surface area contributed by atoms with Gasteiger partial charge in [0.25, 0.3) is 0 Å². The highest BCUT2D eigenvalue weighted by atomic mass is 16.5. The van der Waals surface area contributed by atoms with Crippen LogP contribution in [-0.4, -0.2) is 16.0 Å². The van der Waals surface area contributed by atoms with Crippen LogP contribution in [0.1, 0.15) is 39.0 Å². The van der Waals surface area contributed by atoms with Crippen molar-refractivity contribution < 1.29 is 4.74 Å². The van der Waals surface area contributed by atoms with Crippen LogP contribution in [0.4, 0.5) is 11.6 Å². The molecule has 1 heterocycles. The summed E-state index contributed by atoms with van der Waals surface area (Å²) in [4.78, 5) is 8.76. The molecule has 3 aromatic rings. The molecule has 0 unspecified atom stereocenters. The van der Waals surface area contributed by atoms with Crippen LogP contribution >= 0.6 is 0 Å². The number of benzene rings is 2. The number of rotatable bonds is 6. The van der Waals surface area contributed by atoms with Crippen LogP contribution in [0.2, 0.25) is 0 Å². The molecule has 4 rings (SSSR count). The van der Waals surface area contributed by atoms with E-state index in [1.165, 1.54) is 19.2 Å². The number of anilines is 2. The highest BCUT2D eigenvalue weighted by molar-refractivity contribution is 5.83. The summed E-state index contributed by atoms with van der Waals surface area (Å²) in [6, 6.07) is 18.0. The van der Waals surface area contributed by atoms with Gasteiger partial charge < -0.3 is 15.8 Å². The summed E-state index contributed by atoms with van der Waals surface area (Å²) in [5.74, 6) is 9.73. The topological polar surface area (TPSA) is 73.1 Å². The third kappa shape index (κ3) is 5.35. The normalized spacial score (nSPS) is 18.0. The summed E-state index contributed by atoms with van der Waals surface area (Å²) in [5.41, 5.74) is 8.07. The standard InChI is InChI=1S/C26H28N4O/c1-2-3-8-19-9-7-10-21(17-19)30-26-24(25(27)28-18-29-26)20-13-15-23(16-14-20)31-22-11-5-4-6-12-22/h4-6,11-16,18-19,21H,7-10,17H2,1H3,(H3,27,28,29,30)/t19-,21+/m1/s1. The first kappa shape index (κ1) is 20.7. The molecule has 1 aliphatic carbocycles. The number of hydrogen-bond donors (Lipinski definition) is 2. The number of para-hydroxylation sites is 1. The van der Waals surface area contributed by atoms with E-state index in [4.69, 9.17) is 10.5 Å². The lowest BCUT2D eigenvalue weighted by Crippen LogP contribution is -2.28. The first-order valence-corrected chi connectivity index (χ1v) is 10.8. The molecule has 0 radical (unpaired) electrons. The Balaban J connectivity index is 1.51. The number of nitrogens with two attached hydrogens (primary N) is 1. The van der Waals surface area contributed by atoms with E-state index in [9.17, 15) is 0 Å². The Kier molecular flexibility index (Phi) is 6.68. The van der Waals surface area contributed by atoms with E-state index in [-0.39, 0.29) is 0 Å². The van der Waals surface area contributed by atoms with Crippen molar-refractivity contribution >= 4 is 11.6 Å². The maximum atomic E-state index is 6.27. The molecule has 2 atom stereocenters. The molecule has 0 spiro atoms. The number of nitrogen functional groups attached to an aromatic ring is 1. The van der Waals surface area contributed by atoms with Crippen molar-refractivity contribution in [1.29, 1.82) is 0 Å². The van der Waals surface area contributed by atoms with E-state index in [1.807, 2.05) is 61.5 Å². The van der Waals surface area contributed by atoms with Crippen LogP contribution in [0.15, 0.2) is 60.9 Å². The molecule has 1 aromatic heterocycles. The zero-order valence-corrected chi connectivity index (χ0v) is 17.8. The molecule has 158 valence electrons. The molecule has 2 aromatic carbocycles. The minimum atomic E-state index is 0.367. The molecule has 1 saturated carbocycles. The van der Waals surface area contributed by atoms with Crippen LogP contribution in [-0.2, 0) is 0 Å². The summed E-state index contributed by atoms with van der Waals surface area (Å²) < 4.78 is 5.91. The van der Waals surface area contributed by atoms with Crippen LogP contribution in [0.25, 0.3) is 11.1 Å². The van der Waals surface area contributed by atoms with E-state index < -0.39 is 0 Å². The maximum absolute atomic E-state index is 6.27. The first-order valence-electron chi connectivity index (χ1n) is 10.8. The van der Waals surface area contributed by atoms with Gasteiger partial charge in [0.15, 0.2) is 0 Å². The lowest BCUT2D eigenvalue weighted by molar-refractivity contribution is 0.340. The van der Waals surface area contributed by atoms with Crippen LogP contribution < -0.4 is 15.8 Å². The zero-order chi connectivity index (χ0) is 21.5. The summed E-state index contributed by atoms with van der Waals surface area (Å²) >= 11 is 0. The van der Waals surface area contributed by atoms with Crippen molar-refractivity contribution in [2.45, 2.75) is 45.1 Å². The van der Waals surface area contributed by atoms with Crippen molar-refractivity contribution in [3.8, 4) is 34.5 Å². The molecule has 0 bridgehead atoms. The largest absolute Gasteiger partial charge is 0.457 e. The van der Waals surface area contributed by atoms with Gasteiger partial charge in [-0.15, -0.1) is 11.8 Å². The third-order valence-electron chi connectivity index (χ3n) is 5.69. The Morgan fingerprint density at radius 3 is 2.58 bits per heavy atom. The van der Waals surface area contributed by atoms with E-state index in [2.05, 4.69) is 27.1 Å². The van der Waals surface area contributed by atoms with Gasteiger partial charge in [0.05, 0.1) is 5.56 Å². The van der Waals surface area contributed by atoms with E-state index in [0.717, 1.165) is 47.7 Å². The molecule has 1 aliphatic rings. The molecule has 5 heteroatoms. The van der Waals surface area contributed by atoms with E-state index >= 15 is 0 Å². The second-order valence-electron chi connectivity index (χ2n) is 7.93. The highest BCUT2D eigenvalue weighted by Crippen LogP contribution is 2.35. The highest BCUT2D eigenvalue weighted by Gasteiger charge is 2.23. The van der Waals surface area contributed by atoms with Gasteiger partial charge in [0.1, 0.15) is 29.5 Å². The molecule has 1 fully saturated rings. The average molecular weight is 413 g/mol. The van der Waals surface area contributed by atoms with Crippen molar-refractivity contribution in [1.82, 2.24) is 9.97 Å². The van der Waals surface area contributed by atoms with Crippen LogP contribution in [0.5, 0.6) is 11.5 Å². The second-order valence-corrected chi connectivity index (χ2v) is 7.93. The number of hydrogen-bond acceptors (Lipinski definition) is 5. The summed E-state index contributed by atoms with van der Waals surface area (Å²) in [7, 11) is 0. The van der Waals surface area contributed by atoms with Gasteiger partial charge in [-0.1, -0.05) is 36.8 Å². The molecule has 0 amide bonds. The first-order chi connectivity index (χ1) is 15.2. The smallest absolute Gasteiger partial charge is 0.139 e. The second kappa shape index (κ2) is 9.99. The van der Waals surface area contributed by atoms with Crippen molar-refractivity contribution in [2.24, 2.45) is 5.92 Å². The van der Waals surface area contributed by atoms with Gasteiger partial charge >= 0.3 is 0 Å². The molecular weight excluding hydrogens is 384 g/mol. The molecule has 31 heavy (non-hydrogen) atoms. The zero-order valence-electron chi connectivity index (χ0n) is 17.8. The molecule has 0 aliphatic heterocycles. The molecule has 3 N–H and O–H groups in total. The Labute approximate surface area is 184 Å². The number of ether oxygens (including phenoxy) is 1. The maximum Gasteiger partial charge on any atom is 0.139 e. The van der Waals surface area contributed by atoms with Gasteiger partial charge in [0, 0.05) is 12.5 Å². The summed E-state index contributed by atoms with van der Waals surface area (Å²) in [6.07, 6.45) is 7.17. The lowest BCUT2D eigenvalue weighted by Gasteiger charge is -2.29. The fourth-order valence-electron chi connectivity index (χ4n) is 4.15. The van der Waals surface area contributed by atoms with Gasteiger partial charge in [-0.25, -0.2) is 9.97 Å². The van der Waals surface area contributed by atoms with Gasteiger partial charge in [-0.05, 0) is 61.9 Å². The predicted octanol–water partition coefficient (Wildman–Crippen LogP) is 5.90. The Bertz CT molecular complexity index is 1050. The van der Waals surface area contributed by atoms with Crippen molar-refractivity contribution in [2.75, 3.05) is 11.1 Å². The number of aromatic nitrogens is 2. The fraction of sp³-hybridized carbons (Fsp3) is 0.308. The molecular formula is C26H28N4O. The number of nitrogens with zero attached hydrogens (tertiary/aromatic N) is 2. The monoisotopic (exact) mass is 412 g/mol. The van der Waals surface area contributed by atoms with Crippen molar-refractivity contribution in [3.05, 3.63) is 60.9 Å². The van der Waals surface area contributed by atoms with Gasteiger partial charge in [-0.2, -0.15) is 0 Å². The summed E-state index contributed by atoms with van der Waals surface area (Å²) in [6.45, 7) is 1.91. The number of nitrogens with one attached hydrogen (secondary N) is 1. The van der Waals surface area contributed by atoms with Crippen LogP contribution in [0.3, 0.4) is 0 Å². The third-order valence-corrected chi connectivity index (χ3v) is 5.69. The van der Waals surface area contributed by atoms with E-state index in [0.29, 0.717) is 17.8 Å². The fourth-order valence-corrected chi connectivity index (χ4v) is 4.15. The minimum Gasteiger partial charge on any atom is -0.457 e. The van der Waals surface area contributed by atoms with Crippen molar-refractivity contribution in [3.63, 3.8) is 0 Å². The molecule has 0 saturated heterocycles. The van der Waals surface area contributed by atoms with Gasteiger partial charge in [0.2, 0.25) is 0 Å². The van der Waals surface area contributed by atoms with Crippen LogP contribution in [0, 0.1) is 17.8 Å². The SMILES string of the molecule is CC#CC[C@@H]1CCC[C@H](Nc2ncnc(N)c2-c2ccc(Oc3ccccc3)cc2)C1.